The minimum atomic E-state index is 0.910. The van der Waals surface area contributed by atoms with Gasteiger partial charge in [-0.3, -0.25) is 0 Å². The first-order valence-electron chi connectivity index (χ1n) is 8.09. The Balaban J connectivity index is 1.92. The van der Waals surface area contributed by atoms with Crippen molar-refractivity contribution in [3.8, 4) is 11.4 Å². The number of aromatic nitrogens is 4. The average Bonchev–Trinajstić information content (AvgIpc) is 3.11. The standard InChI is InChI=1S/C19H20N4/c1-4-7-17-22-18-12(2)13(10-11-16(18)23(17)3)19-20-14-8-5-6-9-15(14)21-19/h5-6,8-11H,4,7H2,1-3H3,(H,20,21). The maximum absolute atomic E-state index is 4.86. The number of imidazole rings is 2. The highest BCUT2D eigenvalue weighted by molar-refractivity contribution is 5.88. The van der Waals surface area contributed by atoms with Crippen LogP contribution < -0.4 is 0 Å². The van der Waals surface area contributed by atoms with E-state index in [1.807, 2.05) is 18.2 Å². The molecule has 0 atom stereocenters. The summed E-state index contributed by atoms with van der Waals surface area (Å²) in [6, 6.07) is 12.4. The Morgan fingerprint density at radius 2 is 1.91 bits per heavy atom. The molecule has 1 N–H and O–H groups in total. The third kappa shape index (κ3) is 2.13. The van der Waals surface area contributed by atoms with E-state index in [-0.39, 0.29) is 0 Å². The Morgan fingerprint density at radius 3 is 2.70 bits per heavy atom. The molecule has 4 aromatic rings. The maximum atomic E-state index is 4.86. The second-order valence-electron chi connectivity index (χ2n) is 6.05. The Bertz CT molecular complexity index is 974. The molecule has 0 saturated carbocycles. The summed E-state index contributed by atoms with van der Waals surface area (Å²) in [5.74, 6) is 2.06. The van der Waals surface area contributed by atoms with Gasteiger partial charge in [-0.05, 0) is 43.2 Å². The van der Waals surface area contributed by atoms with E-state index in [9.17, 15) is 0 Å². The molecule has 2 heterocycles. The van der Waals surface area contributed by atoms with E-state index in [2.05, 4.69) is 48.6 Å². The summed E-state index contributed by atoms with van der Waals surface area (Å²) in [6.45, 7) is 4.32. The van der Waals surface area contributed by atoms with Crippen LogP contribution in [0.1, 0.15) is 24.7 Å². The Morgan fingerprint density at radius 1 is 1.09 bits per heavy atom. The molecule has 0 unspecified atom stereocenters. The number of aromatic amines is 1. The lowest BCUT2D eigenvalue weighted by Gasteiger charge is -2.04. The number of benzene rings is 2. The van der Waals surface area contributed by atoms with Crippen molar-refractivity contribution >= 4 is 22.1 Å². The van der Waals surface area contributed by atoms with Gasteiger partial charge in [-0.25, -0.2) is 9.97 Å². The summed E-state index contributed by atoms with van der Waals surface area (Å²) in [6.07, 6.45) is 2.11. The third-order valence-corrected chi connectivity index (χ3v) is 4.52. The fraction of sp³-hybridized carbons (Fsp3) is 0.263. The fourth-order valence-electron chi connectivity index (χ4n) is 3.22. The van der Waals surface area contributed by atoms with Gasteiger partial charge in [0.15, 0.2) is 0 Å². The Hall–Kier alpha value is -2.62. The molecular weight excluding hydrogens is 284 g/mol. The van der Waals surface area contributed by atoms with Crippen LogP contribution in [0.15, 0.2) is 36.4 Å². The second-order valence-corrected chi connectivity index (χ2v) is 6.05. The van der Waals surface area contributed by atoms with Gasteiger partial charge in [0.25, 0.3) is 0 Å². The van der Waals surface area contributed by atoms with E-state index in [0.717, 1.165) is 46.6 Å². The molecule has 0 aliphatic heterocycles. The molecule has 0 saturated heterocycles. The van der Waals surface area contributed by atoms with Crippen LogP contribution in [-0.2, 0) is 13.5 Å². The molecule has 0 amide bonds. The normalized spacial score (nSPS) is 11.6. The lowest BCUT2D eigenvalue weighted by Crippen LogP contribution is -1.96. The van der Waals surface area contributed by atoms with E-state index < -0.39 is 0 Å². The van der Waals surface area contributed by atoms with Gasteiger partial charge >= 0.3 is 0 Å². The number of fused-ring (bicyclic) bond motifs is 2. The molecule has 0 spiro atoms. The molecule has 2 aromatic carbocycles. The van der Waals surface area contributed by atoms with Crippen LogP contribution in [-0.4, -0.2) is 19.5 Å². The highest BCUT2D eigenvalue weighted by Crippen LogP contribution is 2.29. The van der Waals surface area contributed by atoms with Crippen LogP contribution in [0.3, 0.4) is 0 Å². The summed E-state index contributed by atoms with van der Waals surface area (Å²) in [4.78, 5) is 13.0. The predicted molar refractivity (Wildman–Crippen MR) is 94.5 cm³/mol. The molecule has 0 radical (unpaired) electrons. The summed E-state index contributed by atoms with van der Waals surface area (Å²) in [5.41, 5.74) is 6.62. The van der Waals surface area contributed by atoms with Gasteiger partial charge in [-0.15, -0.1) is 0 Å². The van der Waals surface area contributed by atoms with E-state index in [1.165, 1.54) is 11.1 Å². The van der Waals surface area contributed by atoms with Crippen LogP contribution in [0, 0.1) is 6.92 Å². The molecule has 23 heavy (non-hydrogen) atoms. The zero-order chi connectivity index (χ0) is 16.0. The third-order valence-electron chi connectivity index (χ3n) is 4.52. The van der Waals surface area contributed by atoms with E-state index >= 15 is 0 Å². The van der Waals surface area contributed by atoms with Gasteiger partial charge in [0.05, 0.1) is 22.1 Å². The molecule has 4 heteroatoms. The minimum absolute atomic E-state index is 0.910. The van der Waals surface area contributed by atoms with Crippen LogP contribution >= 0.6 is 0 Å². The van der Waals surface area contributed by atoms with Gasteiger partial charge < -0.3 is 9.55 Å². The highest BCUT2D eigenvalue weighted by Gasteiger charge is 2.14. The monoisotopic (exact) mass is 304 g/mol. The summed E-state index contributed by atoms with van der Waals surface area (Å²) >= 11 is 0. The number of rotatable bonds is 3. The molecule has 0 fully saturated rings. The average molecular weight is 304 g/mol. The predicted octanol–water partition coefficient (Wildman–Crippen LogP) is 4.38. The van der Waals surface area contributed by atoms with Gasteiger partial charge in [0, 0.05) is 19.0 Å². The van der Waals surface area contributed by atoms with Crippen LogP contribution in [0.5, 0.6) is 0 Å². The van der Waals surface area contributed by atoms with Gasteiger partial charge in [0.2, 0.25) is 0 Å². The lowest BCUT2D eigenvalue weighted by atomic mass is 10.1. The SMILES string of the molecule is CCCc1nc2c(C)c(-c3nc4ccccc4[nH]3)ccc2n1C. The van der Waals surface area contributed by atoms with Gasteiger partial charge in [0.1, 0.15) is 11.6 Å². The minimum Gasteiger partial charge on any atom is -0.338 e. The zero-order valence-corrected chi connectivity index (χ0v) is 13.7. The smallest absolute Gasteiger partial charge is 0.138 e. The van der Waals surface area contributed by atoms with Crippen molar-refractivity contribution in [3.63, 3.8) is 0 Å². The fourth-order valence-corrected chi connectivity index (χ4v) is 3.22. The van der Waals surface area contributed by atoms with Crippen molar-refractivity contribution < 1.29 is 0 Å². The van der Waals surface area contributed by atoms with Crippen molar-refractivity contribution in [1.29, 1.82) is 0 Å². The highest BCUT2D eigenvalue weighted by atomic mass is 15.1. The number of nitrogens with zero attached hydrogens (tertiary/aromatic N) is 3. The first kappa shape index (κ1) is 14.0. The largest absolute Gasteiger partial charge is 0.338 e. The summed E-state index contributed by atoms with van der Waals surface area (Å²) in [5, 5.41) is 0. The first-order chi connectivity index (χ1) is 11.2. The van der Waals surface area contributed by atoms with Crippen molar-refractivity contribution in [2.75, 3.05) is 0 Å². The number of nitrogens with one attached hydrogen (secondary N) is 1. The molecular formula is C19H20N4. The maximum Gasteiger partial charge on any atom is 0.138 e. The molecule has 2 aromatic heterocycles. The second kappa shape index (κ2) is 5.23. The van der Waals surface area contributed by atoms with E-state index in [1.54, 1.807) is 0 Å². The van der Waals surface area contributed by atoms with Gasteiger partial charge in [-0.1, -0.05) is 19.1 Å². The number of para-hydroxylation sites is 2. The van der Waals surface area contributed by atoms with Crippen molar-refractivity contribution in [1.82, 2.24) is 19.5 Å². The van der Waals surface area contributed by atoms with Crippen LogP contribution in [0.4, 0.5) is 0 Å². The van der Waals surface area contributed by atoms with Gasteiger partial charge in [-0.2, -0.15) is 0 Å². The Labute approximate surface area is 135 Å². The number of hydrogen-bond donors (Lipinski definition) is 1. The van der Waals surface area contributed by atoms with Crippen molar-refractivity contribution in [2.45, 2.75) is 26.7 Å². The van der Waals surface area contributed by atoms with Crippen molar-refractivity contribution in [3.05, 3.63) is 47.8 Å². The topological polar surface area (TPSA) is 46.5 Å². The zero-order valence-electron chi connectivity index (χ0n) is 13.7. The van der Waals surface area contributed by atoms with Crippen molar-refractivity contribution in [2.24, 2.45) is 7.05 Å². The summed E-state index contributed by atoms with van der Waals surface area (Å²) in [7, 11) is 2.10. The summed E-state index contributed by atoms with van der Waals surface area (Å²) < 4.78 is 2.20. The number of H-pyrrole nitrogens is 1. The molecule has 0 aliphatic carbocycles. The van der Waals surface area contributed by atoms with E-state index in [0.29, 0.717) is 0 Å². The molecule has 116 valence electrons. The molecule has 0 aliphatic rings. The molecule has 0 bridgehead atoms. The quantitative estimate of drug-likeness (QED) is 0.610. The van der Waals surface area contributed by atoms with Crippen LogP contribution in [0.25, 0.3) is 33.5 Å². The van der Waals surface area contributed by atoms with Crippen LogP contribution in [0.2, 0.25) is 0 Å². The molecule has 4 nitrogen and oxygen atoms in total. The lowest BCUT2D eigenvalue weighted by molar-refractivity contribution is 0.773. The number of aryl methyl sites for hydroxylation is 3. The first-order valence-corrected chi connectivity index (χ1v) is 8.09. The Kier molecular flexibility index (Phi) is 3.18. The molecule has 4 rings (SSSR count). The van der Waals surface area contributed by atoms with E-state index in [4.69, 9.17) is 9.97 Å². The number of hydrogen-bond acceptors (Lipinski definition) is 2.